The van der Waals surface area contributed by atoms with Crippen LogP contribution in [-0.4, -0.2) is 38.8 Å². The predicted octanol–water partition coefficient (Wildman–Crippen LogP) is 2.04. The lowest BCUT2D eigenvalue weighted by Crippen LogP contribution is -2.38. The van der Waals surface area contributed by atoms with E-state index in [4.69, 9.17) is 15.6 Å². The van der Waals surface area contributed by atoms with Gasteiger partial charge in [-0.2, -0.15) is 0 Å². The van der Waals surface area contributed by atoms with Crippen LogP contribution in [0.3, 0.4) is 0 Å². The molecule has 0 aliphatic rings. The molecule has 0 bridgehead atoms. The predicted molar refractivity (Wildman–Crippen MR) is 96.1 cm³/mol. The number of aliphatic imine (C=N–C) groups is 1. The summed E-state index contributed by atoms with van der Waals surface area (Å²) in [4.78, 5) is 4.44. The second-order valence-electron chi connectivity index (χ2n) is 4.09. The number of furan rings is 1. The van der Waals surface area contributed by atoms with Gasteiger partial charge in [-0.15, -0.1) is 30.4 Å². The fraction of sp³-hybridized carbons (Fsp3) is 0.533. The number of guanidine groups is 1. The number of halogens is 1. The van der Waals surface area contributed by atoms with Crippen LogP contribution < -0.4 is 10.6 Å². The highest BCUT2D eigenvalue weighted by molar-refractivity contribution is 14.0. The van der Waals surface area contributed by atoms with Crippen molar-refractivity contribution in [1.29, 1.82) is 0 Å². The summed E-state index contributed by atoms with van der Waals surface area (Å²) in [6.07, 6.45) is 8.63. The Hall–Kier alpha value is -1.20. The monoisotopic (exact) mass is 405 g/mol. The average molecular weight is 405 g/mol. The van der Waals surface area contributed by atoms with Crippen molar-refractivity contribution in [2.45, 2.75) is 19.8 Å². The Kier molecular flexibility index (Phi) is 13.0. The quantitative estimate of drug-likeness (QED) is 0.217. The Bertz CT molecular complexity index is 413. The lowest BCUT2D eigenvalue weighted by molar-refractivity contribution is 0.146. The van der Waals surface area contributed by atoms with Gasteiger partial charge in [0, 0.05) is 32.7 Å². The normalized spacial score (nSPS) is 10.6. The summed E-state index contributed by atoms with van der Waals surface area (Å²) in [5.41, 5.74) is 0. The van der Waals surface area contributed by atoms with E-state index in [9.17, 15) is 0 Å². The van der Waals surface area contributed by atoms with E-state index in [-0.39, 0.29) is 24.0 Å². The van der Waals surface area contributed by atoms with Gasteiger partial charge in [0.1, 0.15) is 5.76 Å². The van der Waals surface area contributed by atoms with Crippen molar-refractivity contribution >= 4 is 29.9 Å². The first-order chi connectivity index (χ1) is 9.86. The number of nitrogens with zero attached hydrogens (tertiary/aromatic N) is 1. The Balaban J connectivity index is 0.00000400. The Morgan fingerprint density at radius 1 is 1.48 bits per heavy atom. The van der Waals surface area contributed by atoms with Crippen molar-refractivity contribution in [1.82, 2.24) is 10.6 Å². The molecule has 21 heavy (non-hydrogen) atoms. The van der Waals surface area contributed by atoms with Crippen LogP contribution in [-0.2, 0) is 11.2 Å². The maximum atomic E-state index is 5.27. The summed E-state index contributed by atoms with van der Waals surface area (Å²) in [7, 11) is 0. The standard InChI is InChI=1S/C15H23N3O2.HI/c1-3-9-16-15(17-10-6-12-19-4-2)18-11-8-14-7-5-13-20-14;/h1,5,7,13H,4,6,8-12H2,2H3,(H2,16,17,18);1H. The smallest absolute Gasteiger partial charge is 0.192 e. The summed E-state index contributed by atoms with van der Waals surface area (Å²) in [6, 6.07) is 3.84. The molecule has 2 N–H and O–H groups in total. The second kappa shape index (κ2) is 13.8. The molecular formula is C15H24IN3O2. The highest BCUT2D eigenvalue weighted by Crippen LogP contribution is 1.99. The molecule has 0 spiro atoms. The van der Waals surface area contributed by atoms with Gasteiger partial charge >= 0.3 is 0 Å². The van der Waals surface area contributed by atoms with E-state index in [2.05, 4.69) is 21.5 Å². The van der Waals surface area contributed by atoms with E-state index in [1.165, 1.54) is 0 Å². The van der Waals surface area contributed by atoms with Gasteiger partial charge in [0.05, 0.1) is 12.8 Å². The van der Waals surface area contributed by atoms with Crippen LogP contribution in [0.4, 0.5) is 0 Å². The van der Waals surface area contributed by atoms with Crippen LogP contribution in [0.2, 0.25) is 0 Å². The molecule has 0 saturated carbocycles. The molecule has 0 unspecified atom stereocenters. The molecule has 1 rings (SSSR count). The molecule has 0 aliphatic carbocycles. The van der Waals surface area contributed by atoms with Crippen molar-refractivity contribution in [3.8, 4) is 12.3 Å². The number of nitrogens with one attached hydrogen (secondary N) is 2. The van der Waals surface area contributed by atoms with Gasteiger partial charge in [-0.05, 0) is 25.5 Å². The largest absolute Gasteiger partial charge is 0.469 e. The Morgan fingerprint density at radius 3 is 3.00 bits per heavy atom. The molecule has 0 atom stereocenters. The van der Waals surface area contributed by atoms with Gasteiger partial charge in [-0.25, -0.2) is 0 Å². The molecule has 0 amide bonds. The van der Waals surface area contributed by atoms with Crippen LogP contribution in [0.1, 0.15) is 19.1 Å². The molecule has 6 heteroatoms. The molecule has 0 fully saturated rings. The van der Waals surface area contributed by atoms with Gasteiger partial charge < -0.3 is 19.8 Å². The third-order valence-electron chi connectivity index (χ3n) is 2.52. The van der Waals surface area contributed by atoms with Crippen molar-refractivity contribution in [2.75, 3.05) is 32.8 Å². The zero-order valence-corrected chi connectivity index (χ0v) is 14.8. The van der Waals surface area contributed by atoms with Crippen LogP contribution in [0.25, 0.3) is 0 Å². The van der Waals surface area contributed by atoms with E-state index in [1.807, 2.05) is 19.1 Å². The number of rotatable bonds is 9. The fourth-order valence-corrected chi connectivity index (χ4v) is 1.57. The molecular weight excluding hydrogens is 381 g/mol. The number of ether oxygens (including phenoxy) is 1. The molecule has 0 aliphatic heterocycles. The molecule has 0 aromatic carbocycles. The Labute approximate surface area is 143 Å². The third kappa shape index (κ3) is 10.2. The molecule has 1 aromatic heterocycles. The van der Waals surface area contributed by atoms with Gasteiger partial charge in [-0.1, -0.05) is 5.92 Å². The lowest BCUT2D eigenvalue weighted by atomic mass is 10.3. The average Bonchev–Trinajstić information content (AvgIpc) is 2.97. The first-order valence-corrected chi connectivity index (χ1v) is 6.92. The fourth-order valence-electron chi connectivity index (χ4n) is 1.57. The van der Waals surface area contributed by atoms with Crippen molar-refractivity contribution in [2.24, 2.45) is 4.99 Å². The van der Waals surface area contributed by atoms with E-state index >= 15 is 0 Å². The first kappa shape index (κ1) is 19.8. The number of terminal acetylenes is 1. The van der Waals surface area contributed by atoms with Crippen LogP contribution >= 0.6 is 24.0 Å². The molecule has 1 heterocycles. The molecule has 0 saturated heterocycles. The summed E-state index contributed by atoms with van der Waals surface area (Å²) in [6.45, 7) is 5.37. The minimum atomic E-state index is 0. The minimum Gasteiger partial charge on any atom is -0.469 e. The van der Waals surface area contributed by atoms with E-state index in [0.717, 1.165) is 44.3 Å². The molecule has 1 aromatic rings. The Morgan fingerprint density at radius 2 is 2.33 bits per heavy atom. The topological polar surface area (TPSA) is 58.8 Å². The molecule has 118 valence electrons. The summed E-state index contributed by atoms with van der Waals surface area (Å²) < 4.78 is 10.5. The maximum absolute atomic E-state index is 5.27. The maximum Gasteiger partial charge on any atom is 0.192 e. The number of hydrogen-bond donors (Lipinski definition) is 2. The zero-order chi connectivity index (χ0) is 14.5. The molecule has 5 nitrogen and oxygen atoms in total. The van der Waals surface area contributed by atoms with E-state index < -0.39 is 0 Å². The van der Waals surface area contributed by atoms with E-state index in [0.29, 0.717) is 13.1 Å². The minimum absolute atomic E-state index is 0. The van der Waals surface area contributed by atoms with Gasteiger partial charge in [0.15, 0.2) is 5.96 Å². The van der Waals surface area contributed by atoms with Crippen LogP contribution in [0.5, 0.6) is 0 Å². The van der Waals surface area contributed by atoms with Crippen molar-refractivity contribution in [3.63, 3.8) is 0 Å². The van der Waals surface area contributed by atoms with Crippen LogP contribution in [0, 0.1) is 12.3 Å². The first-order valence-electron chi connectivity index (χ1n) is 6.92. The van der Waals surface area contributed by atoms with Crippen molar-refractivity contribution in [3.05, 3.63) is 24.2 Å². The lowest BCUT2D eigenvalue weighted by Gasteiger charge is -2.10. The van der Waals surface area contributed by atoms with Gasteiger partial charge in [0.25, 0.3) is 0 Å². The summed E-state index contributed by atoms with van der Waals surface area (Å²) in [5, 5.41) is 6.30. The second-order valence-corrected chi connectivity index (χ2v) is 4.09. The summed E-state index contributed by atoms with van der Waals surface area (Å²) in [5.74, 6) is 4.21. The highest BCUT2D eigenvalue weighted by Gasteiger charge is 1.99. The third-order valence-corrected chi connectivity index (χ3v) is 2.52. The zero-order valence-electron chi connectivity index (χ0n) is 12.4. The molecule has 0 radical (unpaired) electrons. The highest BCUT2D eigenvalue weighted by atomic mass is 127. The van der Waals surface area contributed by atoms with Gasteiger partial charge in [0.2, 0.25) is 0 Å². The van der Waals surface area contributed by atoms with E-state index in [1.54, 1.807) is 6.26 Å². The van der Waals surface area contributed by atoms with Gasteiger partial charge in [-0.3, -0.25) is 4.99 Å². The summed E-state index contributed by atoms with van der Waals surface area (Å²) >= 11 is 0. The number of hydrogen-bond acceptors (Lipinski definition) is 3. The SMILES string of the molecule is C#CCNC(=NCCCOCC)NCCc1ccco1.I. The van der Waals surface area contributed by atoms with Crippen molar-refractivity contribution < 1.29 is 9.15 Å². The van der Waals surface area contributed by atoms with Crippen LogP contribution in [0.15, 0.2) is 27.8 Å².